The number of amides is 1. The zero-order chi connectivity index (χ0) is 17.1. The number of hydrogen-bond donors (Lipinski definition) is 1. The van der Waals surface area contributed by atoms with Crippen molar-refractivity contribution in [3.05, 3.63) is 35.4 Å². The third kappa shape index (κ3) is 6.80. The standard InChI is InChI=1S/C17H25NO5/c1-4-22-15(23-5-2)7-6-12-18-16(19)13-8-10-14(11-9-13)17(20)21-3/h8-11,15H,4-7,12H2,1-3H3,(H,18,19). The molecule has 0 heterocycles. The lowest BCUT2D eigenvalue weighted by Gasteiger charge is -2.16. The smallest absolute Gasteiger partial charge is 0.337 e. The highest BCUT2D eigenvalue weighted by Crippen LogP contribution is 2.07. The molecule has 0 saturated carbocycles. The van der Waals surface area contributed by atoms with Crippen LogP contribution in [0.2, 0.25) is 0 Å². The Morgan fingerprint density at radius 2 is 1.61 bits per heavy atom. The van der Waals surface area contributed by atoms with Gasteiger partial charge in [0.1, 0.15) is 0 Å². The summed E-state index contributed by atoms with van der Waals surface area (Å²) in [5, 5.41) is 2.83. The van der Waals surface area contributed by atoms with E-state index in [2.05, 4.69) is 10.1 Å². The van der Waals surface area contributed by atoms with E-state index in [1.807, 2.05) is 13.8 Å². The van der Waals surface area contributed by atoms with Gasteiger partial charge in [0.25, 0.3) is 5.91 Å². The van der Waals surface area contributed by atoms with Crippen molar-refractivity contribution < 1.29 is 23.8 Å². The highest BCUT2D eigenvalue weighted by atomic mass is 16.7. The van der Waals surface area contributed by atoms with E-state index in [1.165, 1.54) is 7.11 Å². The number of ether oxygens (including phenoxy) is 3. The molecule has 128 valence electrons. The lowest BCUT2D eigenvalue weighted by atomic mass is 10.1. The van der Waals surface area contributed by atoms with Crippen molar-refractivity contribution in [2.45, 2.75) is 33.0 Å². The molecular formula is C17H25NO5. The summed E-state index contributed by atoms with van der Waals surface area (Å²) in [5.41, 5.74) is 0.921. The Balaban J connectivity index is 2.37. The number of nitrogens with one attached hydrogen (secondary N) is 1. The Labute approximate surface area is 137 Å². The molecule has 1 aromatic rings. The Hall–Kier alpha value is -1.92. The van der Waals surface area contributed by atoms with Crippen LogP contribution in [-0.2, 0) is 14.2 Å². The number of benzene rings is 1. The van der Waals surface area contributed by atoms with Crippen LogP contribution in [0.5, 0.6) is 0 Å². The first-order valence-electron chi connectivity index (χ1n) is 7.82. The molecule has 0 aliphatic rings. The molecule has 0 aliphatic carbocycles. The topological polar surface area (TPSA) is 73.9 Å². The molecule has 0 aliphatic heterocycles. The zero-order valence-electron chi connectivity index (χ0n) is 14.0. The second kappa shape index (κ2) is 10.7. The van der Waals surface area contributed by atoms with Gasteiger partial charge in [0, 0.05) is 31.7 Å². The van der Waals surface area contributed by atoms with Gasteiger partial charge in [0.2, 0.25) is 0 Å². The lowest BCUT2D eigenvalue weighted by molar-refractivity contribution is -0.139. The third-order valence-corrected chi connectivity index (χ3v) is 3.18. The van der Waals surface area contributed by atoms with Gasteiger partial charge in [-0.3, -0.25) is 4.79 Å². The fourth-order valence-corrected chi connectivity index (χ4v) is 2.03. The first-order chi connectivity index (χ1) is 11.1. The molecule has 1 amide bonds. The van der Waals surface area contributed by atoms with Crippen molar-refractivity contribution in [1.82, 2.24) is 5.32 Å². The molecule has 6 nitrogen and oxygen atoms in total. The molecule has 1 aromatic carbocycles. The summed E-state index contributed by atoms with van der Waals surface area (Å²) in [6.45, 7) is 5.58. The molecule has 0 bridgehead atoms. The SMILES string of the molecule is CCOC(CCCNC(=O)c1ccc(C(=O)OC)cc1)OCC. The minimum atomic E-state index is -0.421. The van der Waals surface area contributed by atoms with Crippen LogP contribution >= 0.6 is 0 Å². The van der Waals surface area contributed by atoms with Crippen LogP contribution < -0.4 is 5.32 Å². The average molecular weight is 323 g/mol. The predicted octanol–water partition coefficient (Wildman–Crippen LogP) is 2.38. The Morgan fingerprint density at radius 1 is 1.04 bits per heavy atom. The van der Waals surface area contributed by atoms with E-state index in [0.717, 1.165) is 12.8 Å². The van der Waals surface area contributed by atoms with Crippen molar-refractivity contribution in [3.63, 3.8) is 0 Å². The Kier molecular flexibility index (Phi) is 8.94. The van der Waals surface area contributed by atoms with E-state index in [9.17, 15) is 9.59 Å². The fraction of sp³-hybridized carbons (Fsp3) is 0.529. The van der Waals surface area contributed by atoms with Crippen LogP contribution in [-0.4, -0.2) is 45.0 Å². The molecular weight excluding hydrogens is 298 g/mol. The van der Waals surface area contributed by atoms with Gasteiger partial charge >= 0.3 is 5.97 Å². The molecule has 0 radical (unpaired) electrons. The van der Waals surface area contributed by atoms with Gasteiger partial charge in [-0.25, -0.2) is 4.79 Å². The van der Waals surface area contributed by atoms with Gasteiger partial charge in [-0.15, -0.1) is 0 Å². The van der Waals surface area contributed by atoms with Gasteiger partial charge < -0.3 is 19.5 Å². The minimum Gasteiger partial charge on any atom is -0.465 e. The van der Waals surface area contributed by atoms with Gasteiger partial charge in [0.05, 0.1) is 12.7 Å². The summed E-state index contributed by atoms with van der Waals surface area (Å²) in [6.07, 6.45) is 1.26. The van der Waals surface area contributed by atoms with Crippen molar-refractivity contribution in [1.29, 1.82) is 0 Å². The van der Waals surface area contributed by atoms with Crippen LogP contribution in [0.1, 0.15) is 47.4 Å². The van der Waals surface area contributed by atoms with Crippen molar-refractivity contribution in [2.24, 2.45) is 0 Å². The average Bonchev–Trinajstić information content (AvgIpc) is 2.58. The van der Waals surface area contributed by atoms with Gasteiger partial charge in [0.15, 0.2) is 6.29 Å². The molecule has 1 N–H and O–H groups in total. The van der Waals surface area contributed by atoms with E-state index >= 15 is 0 Å². The molecule has 0 spiro atoms. The largest absolute Gasteiger partial charge is 0.465 e. The number of rotatable bonds is 10. The van der Waals surface area contributed by atoms with E-state index in [-0.39, 0.29) is 12.2 Å². The monoisotopic (exact) mass is 323 g/mol. The van der Waals surface area contributed by atoms with Gasteiger partial charge in [-0.2, -0.15) is 0 Å². The van der Waals surface area contributed by atoms with Crippen LogP contribution in [0, 0.1) is 0 Å². The maximum Gasteiger partial charge on any atom is 0.337 e. The molecule has 23 heavy (non-hydrogen) atoms. The summed E-state index contributed by atoms with van der Waals surface area (Å²) >= 11 is 0. The quantitative estimate of drug-likeness (QED) is 0.406. The third-order valence-electron chi connectivity index (χ3n) is 3.18. The molecule has 0 fully saturated rings. The first kappa shape index (κ1) is 19.1. The number of carbonyl (C=O) groups excluding carboxylic acids is 2. The van der Waals surface area contributed by atoms with E-state index < -0.39 is 5.97 Å². The molecule has 0 unspecified atom stereocenters. The van der Waals surface area contributed by atoms with E-state index in [0.29, 0.717) is 30.9 Å². The zero-order valence-corrected chi connectivity index (χ0v) is 14.0. The van der Waals surface area contributed by atoms with E-state index in [1.54, 1.807) is 24.3 Å². The molecule has 0 aromatic heterocycles. The number of methoxy groups -OCH3 is 1. The number of esters is 1. The summed E-state index contributed by atoms with van der Waals surface area (Å²) in [5.74, 6) is -0.597. The summed E-state index contributed by atoms with van der Waals surface area (Å²) < 4.78 is 15.5. The molecule has 0 saturated heterocycles. The van der Waals surface area contributed by atoms with Crippen LogP contribution in [0.15, 0.2) is 24.3 Å². The maximum absolute atomic E-state index is 12.0. The Bertz CT molecular complexity index is 480. The van der Waals surface area contributed by atoms with Gasteiger partial charge in [-0.1, -0.05) is 0 Å². The van der Waals surface area contributed by atoms with Crippen LogP contribution in [0.4, 0.5) is 0 Å². The number of carbonyl (C=O) groups is 2. The summed E-state index contributed by atoms with van der Waals surface area (Å²) in [4.78, 5) is 23.3. The minimum absolute atomic E-state index is 0.175. The summed E-state index contributed by atoms with van der Waals surface area (Å²) in [7, 11) is 1.32. The predicted molar refractivity (Wildman–Crippen MR) is 86.4 cm³/mol. The van der Waals surface area contributed by atoms with Crippen LogP contribution in [0.25, 0.3) is 0 Å². The Morgan fingerprint density at radius 3 is 2.13 bits per heavy atom. The second-order valence-corrected chi connectivity index (χ2v) is 4.81. The van der Waals surface area contributed by atoms with Crippen LogP contribution in [0.3, 0.4) is 0 Å². The maximum atomic E-state index is 12.0. The van der Waals surface area contributed by atoms with Crippen molar-refractivity contribution in [2.75, 3.05) is 26.9 Å². The van der Waals surface area contributed by atoms with Gasteiger partial charge in [-0.05, 0) is 44.5 Å². The highest BCUT2D eigenvalue weighted by Gasteiger charge is 2.10. The van der Waals surface area contributed by atoms with Crippen molar-refractivity contribution >= 4 is 11.9 Å². The van der Waals surface area contributed by atoms with E-state index in [4.69, 9.17) is 9.47 Å². The lowest BCUT2D eigenvalue weighted by Crippen LogP contribution is -2.26. The number of hydrogen-bond acceptors (Lipinski definition) is 5. The first-order valence-corrected chi connectivity index (χ1v) is 7.82. The normalized spacial score (nSPS) is 10.6. The van der Waals surface area contributed by atoms with Crippen molar-refractivity contribution in [3.8, 4) is 0 Å². The molecule has 6 heteroatoms. The molecule has 0 atom stereocenters. The highest BCUT2D eigenvalue weighted by molar-refractivity contribution is 5.96. The molecule has 1 rings (SSSR count). The summed E-state index contributed by atoms with van der Waals surface area (Å²) in [6, 6.07) is 6.34. The second-order valence-electron chi connectivity index (χ2n) is 4.81. The fourth-order valence-electron chi connectivity index (χ4n) is 2.03.